The minimum absolute atomic E-state index is 0.153. The van der Waals surface area contributed by atoms with Crippen LogP contribution in [-0.4, -0.2) is 93.0 Å². The van der Waals surface area contributed by atoms with Gasteiger partial charge in [-0.15, -0.1) is 0 Å². The van der Waals surface area contributed by atoms with E-state index in [1.807, 2.05) is 38.1 Å². The van der Waals surface area contributed by atoms with E-state index in [1.165, 1.54) is 23.6 Å². The number of hydrogen-bond donors (Lipinski definition) is 0. The van der Waals surface area contributed by atoms with E-state index in [2.05, 4.69) is 9.97 Å². The summed E-state index contributed by atoms with van der Waals surface area (Å²) < 4.78 is 35.6. The van der Waals surface area contributed by atoms with E-state index in [-0.39, 0.29) is 13.2 Å². The van der Waals surface area contributed by atoms with Crippen LogP contribution in [0.15, 0.2) is 146 Å². The first-order valence-electron chi connectivity index (χ1n) is 26.9. The Kier molecular flexibility index (Phi) is 22.8. The number of hydrogen-bond acceptors (Lipinski definition) is 14. The lowest BCUT2D eigenvalue weighted by molar-refractivity contribution is -0.203. The molecule has 2 aliphatic heterocycles. The minimum Gasteiger partial charge on any atom is -0.464 e. The molecule has 0 radical (unpaired) electrons. The molecule has 0 bridgehead atoms. The molecule has 6 aromatic rings. The molecule has 0 spiro atoms. The van der Waals surface area contributed by atoms with Gasteiger partial charge in [-0.1, -0.05) is 122 Å². The maximum atomic E-state index is 14.6. The lowest BCUT2D eigenvalue weighted by Gasteiger charge is -2.48. The molecule has 2 saturated heterocycles. The molecule has 4 heterocycles. The minimum atomic E-state index is -1.28. The van der Waals surface area contributed by atoms with Gasteiger partial charge < -0.3 is 38.2 Å². The Morgan fingerprint density at radius 1 is 0.476 bits per heavy atom. The molecule has 4 unspecified atom stereocenters. The SMILES string of the molecule is CCC[C@@H](C(=O)OCC)N1C(=O)[C@@H](C(OC(C)=O)c2ccncc2)O[C@H](c2ccc(Cl)cc2)C1c1ccc(Cl)cc1.CCC[C@H](C(=O)OCC)N1C(=O)[C@H](C(OC(C)=O)c2ccncc2)O[C@@H](c2ccc(Cl)cc2)C1c1ccc(Cl)cc1. The number of pyridine rings is 2. The third kappa shape index (κ3) is 15.4. The van der Waals surface area contributed by atoms with Gasteiger partial charge >= 0.3 is 23.9 Å². The van der Waals surface area contributed by atoms with Gasteiger partial charge in [-0.2, -0.15) is 0 Å². The first-order chi connectivity index (χ1) is 39.5. The molecule has 0 aliphatic carbocycles. The smallest absolute Gasteiger partial charge is 0.328 e. The number of carbonyl (C=O) groups excluding carboxylic acids is 6. The number of morpholine rings is 2. The van der Waals surface area contributed by atoms with E-state index in [9.17, 15) is 28.8 Å². The highest BCUT2D eigenvalue weighted by atomic mass is 35.5. The van der Waals surface area contributed by atoms with Gasteiger partial charge in [-0.25, -0.2) is 9.59 Å². The number of esters is 4. The van der Waals surface area contributed by atoms with E-state index in [1.54, 1.807) is 136 Å². The third-order valence-corrected chi connectivity index (χ3v) is 14.7. The number of ether oxygens (including phenoxy) is 6. The van der Waals surface area contributed by atoms with E-state index < -0.39 is 96.5 Å². The van der Waals surface area contributed by atoms with Gasteiger partial charge in [0.2, 0.25) is 0 Å². The predicted molar refractivity (Wildman–Crippen MR) is 308 cm³/mol. The number of halogens is 4. The molecule has 2 aromatic heterocycles. The van der Waals surface area contributed by atoms with Crippen LogP contribution in [0.5, 0.6) is 0 Å². The van der Waals surface area contributed by atoms with Crippen LogP contribution in [0.4, 0.5) is 0 Å². The fraction of sp³-hybridized carbons (Fsp3) is 0.355. The zero-order valence-electron chi connectivity index (χ0n) is 46.1. The Bertz CT molecular complexity index is 2880. The van der Waals surface area contributed by atoms with Crippen LogP contribution in [0.2, 0.25) is 20.1 Å². The van der Waals surface area contributed by atoms with Crippen molar-refractivity contribution >= 4 is 82.1 Å². The summed E-state index contributed by atoms with van der Waals surface area (Å²) in [6, 6.07) is 31.6. The zero-order chi connectivity index (χ0) is 59.0. The number of benzene rings is 4. The van der Waals surface area contributed by atoms with Crippen LogP contribution in [0.3, 0.4) is 0 Å². The van der Waals surface area contributed by atoms with Crippen molar-refractivity contribution in [3.63, 3.8) is 0 Å². The summed E-state index contributed by atoms with van der Waals surface area (Å²) in [6.07, 6.45) is 1.78. The molecular formula is C62H64Cl4N4O12. The van der Waals surface area contributed by atoms with Crippen molar-refractivity contribution in [1.29, 1.82) is 0 Å². The van der Waals surface area contributed by atoms with Crippen molar-refractivity contribution in [2.75, 3.05) is 13.2 Å². The molecule has 2 amide bonds. The Balaban J connectivity index is 0.000000236. The molecule has 432 valence electrons. The molecule has 82 heavy (non-hydrogen) atoms. The number of carbonyl (C=O) groups is 6. The second kappa shape index (κ2) is 29.9. The number of rotatable bonds is 20. The highest BCUT2D eigenvalue weighted by Gasteiger charge is 2.54. The maximum Gasteiger partial charge on any atom is 0.328 e. The topological polar surface area (TPSA) is 190 Å². The number of nitrogens with zero attached hydrogens (tertiary/aromatic N) is 4. The van der Waals surface area contributed by atoms with Crippen LogP contribution in [-0.2, 0) is 57.2 Å². The Labute approximate surface area is 497 Å². The molecule has 2 fully saturated rings. The van der Waals surface area contributed by atoms with Gasteiger partial charge in [-0.05, 0) is 133 Å². The van der Waals surface area contributed by atoms with Crippen LogP contribution in [0.25, 0.3) is 0 Å². The van der Waals surface area contributed by atoms with Crippen molar-refractivity contribution in [3.8, 4) is 0 Å². The predicted octanol–water partition coefficient (Wildman–Crippen LogP) is 12.9. The quantitative estimate of drug-likeness (QED) is 0.0518. The normalized spacial score (nSPS) is 20.3. The fourth-order valence-electron chi connectivity index (χ4n) is 10.2. The summed E-state index contributed by atoms with van der Waals surface area (Å²) in [4.78, 5) is 91.7. The molecule has 20 heteroatoms. The molecule has 2 aliphatic rings. The van der Waals surface area contributed by atoms with Crippen molar-refractivity contribution in [2.24, 2.45) is 0 Å². The van der Waals surface area contributed by atoms with E-state index in [4.69, 9.17) is 74.8 Å². The van der Waals surface area contributed by atoms with Gasteiger partial charge in [0.15, 0.2) is 24.4 Å². The van der Waals surface area contributed by atoms with Gasteiger partial charge in [0, 0.05) is 58.7 Å². The van der Waals surface area contributed by atoms with Crippen LogP contribution in [0.1, 0.15) is 137 Å². The molecular weight excluding hydrogens is 1130 g/mol. The van der Waals surface area contributed by atoms with Crippen molar-refractivity contribution in [3.05, 3.63) is 200 Å². The molecule has 0 saturated carbocycles. The zero-order valence-corrected chi connectivity index (χ0v) is 49.1. The molecule has 16 nitrogen and oxygen atoms in total. The Hall–Kier alpha value is -6.92. The molecule has 8 rings (SSSR count). The average molecular weight is 1200 g/mol. The summed E-state index contributed by atoms with van der Waals surface area (Å²) in [5, 5.41) is 2.10. The largest absolute Gasteiger partial charge is 0.464 e. The lowest BCUT2D eigenvalue weighted by atomic mass is 9.88. The Morgan fingerprint density at radius 2 is 0.768 bits per heavy atom. The molecule has 0 N–H and O–H groups in total. The number of aromatic nitrogens is 2. The van der Waals surface area contributed by atoms with Crippen LogP contribution < -0.4 is 0 Å². The first-order valence-corrected chi connectivity index (χ1v) is 28.5. The summed E-state index contributed by atoms with van der Waals surface area (Å²) in [6.45, 7) is 10.1. The van der Waals surface area contributed by atoms with E-state index in [0.29, 0.717) is 79.2 Å². The summed E-state index contributed by atoms with van der Waals surface area (Å²) in [5.41, 5.74) is 3.89. The highest BCUT2D eigenvalue weighted by molar-refractivity contribution is 6.31. The van der Waals surface area contributed by atoms with Crippen LogP contribution >= 0.6 is 46.4 Å². The van der Waals surface area contributed by atoms with Crippen molar-refractivity contribution in [2.45, 2.75) is 128 Å². The van der Waals surface area contributed by atoms with Gasteiger partial charge in [0.05, 0.1) is 25.3 Å². The third-order valence-electron chi connectivity index (χ3n) is 13.7. The highest BCUT2D eigenvalue weighted by Crippen LogP contribution is 2.49. The summed E-state index contributed by atoms with van der Waals surface area (Å²) >= 11 is 24.9. The average Bonchev–Trinajstić information content (AvgIpc) is 3.43. The monoisotopic (exact) mass is 1200 g/mol. The van der Waals surface area contributed by atoms with Gasteiger partial charge in [0.25, 0.3) is 11.8 Å². The van der Waals surface area contributed by atoms with Crippen molar-refractivity contribution < 1.29 is 57.2 Å². The van der Waals surface area contributed by atoms with Crippen molar-refractivity contribution in [1.82, 2.24) is 19.8 Å². The summed E-state index contributed by atoms with van der Waals surface area (Å²) in [5.74, 6) is -3.24. The van der Waals surface area contributed by atoms with E-state index >= 15 is 0 Å². The Morgan fingerprint density at radius 3 is 1.04 bits per heavy atom. The van der Waals surface area contributed by atoms with E-state index in [0.717, 1.165) is 0 Å². The summed E-state index contributed by atoms with van der Waals surface area (Å²) in [7, 11) is 0. The lowest BCUT2D eigenvalue weighted by Crippen LogP contribution is -2.58. The second-order valence-corrected chi connectivity index (χ2v) is 21.0. The first kappa shape index (κ1) is 62.7. The molecule has 10 atom stereocenters. The van der Waals surface area contributed by atoms with Crippen LogP contribution in [0, 0.1) is 0 Å². The standard InChI is InChI=1S/2C31H32Cl2N2O6/c2*1-4-6-25(31(38)39-5-2)35-26(20-7-11-23(32)12-8-20)27(21-9-13-24(33)14-10-21)41-29(30(35)37)28(40-19(3)36)22-15-17-34-18-16-22/h2*7-18,25-29H,4-6H2,1-3H3/t2*25-,26?,27+,28?,29+/m10/s1. The second-order valence-electron chi connectivity index (χ2n) is 19.3. The maximum absolute atomic E-state index is 14.6. The van der Waals surface area contributed by atoms with Gasteiger partial charge in [-0.3, -0.25) is 29.1 Å². The molecule has 4 aromatic carbocycles. The van der Waals surface area contributed by atoms with Gasteiger partial charge in [0.1, 0.15) is 24.3 Å². The number of amides is 2. The fourth-order valence-corrected chi connectivity index (χ4v) is 10.7.